The third-order valence-corrected chi connectivity index (χ3v) is 3.18. The molecule has 98 valence electrons. The second kappa shape index (κ2) is 6.75. The van der Waals surface area contributed by atoms with E-state index in [-0.39, 0.29) is 5.84 Å². The molecule has 0 saturated heterocycles. The highest BCUT2D eigenvalue weighted by Gasteiger charge is 1.99. The minimum atomic E-state index is 0.0600. The van der Waals surface area contributed by atoms with Crippen molar-refractivity contribution in [3.8, 4) is 5.75 Å². The van der Waals surface area contributed by atoms with Gasteiger partial charge in [0.1, 0.15) is 16.6 Å². The van der Waals surface area contributed by atoms with Gasteiger partial charge in [0.25, 0.3) is 0 Å². The normalized spacial score (nSPS) is 10.1. The van der Waals surface area contributed by atoms with Crippen molar-refractivity contribution >= 4 is 17.6 Å². The summed E-state index contributed by atoms with van der Waals surface area (Å²) in [5, 5.41) is 8.18. The van der Waals surface area contributed by atoms with Gasteiger partial charge in [-0.1, -0.05) is 0 Å². The van der Waals surface area contributed by atoms with E-state index < -0.39 is 0 Å². The molecule has 6 heteroatoms. The maximum atomic E-state index is 7.29. The zero-order valence-corrected chi connectivity index (χ0v) is 11.1. The predicted molar refractivity (Wildman–Crippen MR) is 75.7 cm³/mol. The summed E-state index contributed by atoms with van der Waals surface area (Å²) in [6, 6.07) is 7.16. The van der Waals surface area contributed by atoms with Gasteiger partial charge in [0.05, 0.1) is 12.8 Å². The molecule has 5 nitrogen and oxygen atoms in total. The monoisotopic (exact) mass is 274 g/mol. The van der Waals surface area contributed by atoms with Crippen LogP contribution in [-0.2, 0) is 0 Å². The number of nitrogens with zero attached hydrogens (tertiary/aromatic N) is 2. The number of hydrogen-bond acceptors (Lipinski definition) is 5. The van der Waals surface area contributed by atoms with E-state index in [4.69, 9.17) is 15.9 Å². The summed E-state index contributed by atoms with van der Waals surface area (Å²) in [5.41, 5.74) is 6.07. The van der Waals surface area contributed by atoms with Crippen molar-refractivity contribution in [1.82, 2.24) is 9.97 Å². The molecule has 0 aliphatic heterocycles. The van der Waals surface area contributed by atoms with Crippen LogP contribution in [0.2, 0.25) is 0 Å². The molecule has 0 aliphatic carbocycles. The van der Waals surface area contributed by atoms with Crippen molar-refractivity contribution in [2.45, 2.75) is 5.03 Å². The highest BCUT2D eigenvalue weighted by molar-refractivity contribution is 7.99. The standard InChI is InChI=1S/C13H14N4OS/c14-13(15)10-1-3-11(4-2-10)18-7-8-19-12-9-16-5-6-17-12/h1-6,9H,7-8H2,(H3,14,15). The summed E-state index contributed by atoms with van der Waals surface area (Å²) in [7, 11) is 0. The molecule has 0 fully saturated rings. The van der Waals surface area contributed by atoms with E-state index in [1.54, 1.807) is 42.5 Å². The Morgan fingerprint density at radius 1 is 1.26 bits per heavy atom. The molecule has 0 bridgehead atoms. The van der Waals surface area contributed by atoms with Gasteiger partial charge in [-0.05, 0) is 24.3 Å². The van der Waals surface area contributed by atoms with E-state index in [1.807, 2.05) is 12.1 Å². The molecule has 1 aromatic heterocycles. The van der Waals surface area contributed by atoms with E-state index in [9.17, 15) is 0 Å². The number of nitrogens with one attached hydrogen (secondary N) is 1. The van der Waals surface area contributed by atoms with Crippen LogP contribution < -0.4 is 10.5 Å². The summed E-state index contributed by atoms with van der Waals surface area (Å²) in [6.45, 7) is 0.584. The number of hydrogen-bond donors (Lipinski definition) is 2. The average molecular weight is 274 g/mol. The Morgan fingerprint density at radius 2 is 2.05 bits per heavy atom. The highest BCUT2D eigenvalue weighted by Crippen LogP contribution is 2.15. The molecule has 19 heavy (non-hydrogen) atoms. The number of rotatable bonds is 6. The quantitative estimate of drug-likeness (QED) is 0.364. The summed E-state index contributed by atoms with van der Waals surface area (Å²) in [4.78, 5) is 8.15. The van der Waals surface area contributed by atoms with E-state index >= 15 is 0 Å². The van der Waals surface area contributed by atoms with Gasteiger partial charge < -0.3 is 10.5 Å². The van der Waals surface area contributed by atoms with E-state index in [0.717, 1.165) is 16.5 Å². The molecular weight excluding hydrogens is 260 g/mol. The lowest BCUT2D eigenvalue weighted by atomic mass is 10.2. The van der Waals surface area contributed by atoms with Crippen LogP contribution in [-0.4, -0.2) is 28.2 Å². The highest BCUT2D eigenvalue weighted by atomic mass is 32.2. The SMILES string of the molecule is N=C(N)c1ccc(OCCSc2cnccn2)cc1. The van der Waals surface area contributed by atoms with Gasteiger partial charge in [-0.15, -0.1) is 11.8 Å². The van der Waals surface area contributed by atoms with E-state index in [2.05, 4.69) is 9.97 Å². The predicted octanol–water partition coefficient (Wildman–Crippen LogP) is 1.93. The zero-order chi connectivity index (χ0) is 13.5. The molecular formula is C13H14N4OS. The first-order chi connectivity index (χ1) is 9.25. The van der Waals surface area contributed by atoms with E-state index in [1.165, 1.54) is 0 Å². The molecule has 3 N–H and O–H groups in total. The largest absolute Gasteiger partial charge is 0.493 e. The molecule has 0 radical (unpaired) electrons. The van der Waals surface area contributed by atoms with Crippen molar-refractivity contribution in [1.29, 1.82) is 5.41 Å². The van der Waals surface area contributed by atoms with Crippen molar-refractivity contribution in [2.75, 3.05) is 12.4 Å². The summed E-state index contributed by atoms with van der Waals surface area (Å²) in [6.07, 6.45) is 5.05. The van der Waals surface area contributed by atoms with Crippen LogP contribution in [0.25, 0.3) is 0 Å². The van der Waals surface area contributed by atoms with Crippen LogP contribution in [0.1, 0.15) is 5.56 Å². The lowest BCUT2D eigenvalue weighted by molar-refractivity contribution is 0.344. The first-order valence-corrected chi connectivity index (χ1v) is 6.70. The van der Waals surface area contributed by atoms with Crippen LogP contribution in [0.15, 0.2) is 47.9 Å². The molecule has 0 unspecified atom stereocenters. The fraction of sp³-hybridized carbons (Fsp3) is 0.154. The number of amidine groups is 1. The van der Waals surface area contributed by atoms with Gasteiger partial charge in [0, 0.05) is 23.7 Å². The minimum Gasteiger partial charge on any atom is -0.493 e. The molecule has 0 aliphatic rings. The van der Waals surface area contributed by atoms with Crippen LogP contribution >= 0.6 is 11.8 Å². The number of nitrogens with two attached hydrogens (primary N) is 1. The van der Waals surface area contributed by atoms with Gasteiger partial charge in [-0.25, -0.2) is 4.98 Å². The van der Waals surface area contributed by atoms with Crippen LogP contribution in [0.4, 0.5) is 0 Å². The molecule has 0 amide bonds. The Labute approximate surface area is 115 Å². The topological polar surface area (TPSA) is 84.9 Å². The zero-order valence-electron chi connectivity index (χ0n) is 10.2. The summed E-state index contributed by atoms with van der Waals surface area (Å²) >= 11 is 1.59. The molecule has 0 atom stereocenters. The third-order valence-electron chi connectivity index (χ3n) is 2.31. The molecule has 1 aromatic carbocycles. The van der Waals surface area contributed by atoms with E-state index in [0.29, 0.717) is 12.2 Å². The van der Waals surface area contributed by atoms with Crippen LogP contribution in [0, 0.1) is 5.41 Å². The van der Waals surface area contributed by atoms with Crippen LogP contribution in [0.3, 0.4) is 0 Å². The van der Waals surface area contributed by atoms with Crippen LogP contribution in [0.5, 0.6) is 5.75 Å². The third kappa shape index (κ3) is 4.26. The fourth-order valence-electron chi connectivity index (χ4n) is 1.40. The summed E-state index contributed by atoms with van der Waals surface area (Å²) in [5.74, 6) is 1.63. The minimum absolute atomic E-state index is 0.0600. The molecule has 0 saturated carbocycles. The number of ether oxygens (including phenoxy) is 1. The first-order valence-electron chi connectivity index (χ1n) is 5.72. The Bertz CT molecular complexity index is 530. The fourth-order valence-corrected chi connectivity index (χ4v) is 2.04. The molecule has 1 heterocycles. The average Bonchev–Trinajstić information content (AvgIpc) is 2.45. The first kappa shape index (κ1) is 13.4. The smallest absolute Gasteiger partial charge is 0.122 e. The molecule has 0 spiro atoms. The van der Waals surface area contributed by atoms with Gasteiger partial charge in [-0.2, -0.15) is 0 Å². The Balaban J connectivity index is 1.75. The number of nitrogen functional groups attached to an aromatic ring is 1. The van der Waals surface area contributed by atoms with Gasteiger partial charge >= 0.3 is 0 Å². The van der Waals surface area contributed by atoms with Crippen molar-refractivity contribution in [2.24, 2.45) is 5.73 Å². The van der Waals surface area contributed by atoms with Crippen molar-refractivity contribution in [3.05, 3.63) is 48.4 Å². The maximum absolute atomic E-state index is 7.29. The van der Waals surface area contributed by atoms with Gasteiger partial charge in [-0.3, -0.25) is 10.4 Å². The maximum Gasteiger partial charge on any atom is 0.122 e. The Morgan fingerprint density at radius 3 is 2.68 bits per heavy atom. The second-order valence-corrected chi connectivity index (χ2v) is 4.79. The van der Waals surface area contributed by atoms with Gasteiger partial charge in [0.15, 0.2) is 0 Å². The summed E-state index contributed by atoms with van der Waals surface area (Å²) < 4.78 is 5.58. The second-order valence-electron chi connectivity index (χ2n) is 3.68. The number of thioether (sulfide) groups is 1. The number of benzene rings is 1. The lowest BCUT2D eigenvalue weighted by Gasteiger charge is -2.06. The van der Waals surface area contributed by atoms with Crippen molar-refractivity contribution < 1.29 is 4.74 Å². The molecule has 2 rings (SSSR count). The lowest BCUT2D eigenvalue weighted by Crippen LogP contribution is -2.10. The molecule has 2 aromatic rings. The van der Waals surface area contributed by atoms with Crippen molar-refractivity contribution in [3.63, 3.8) is 0 Å². The Kier molecular flexibility index (Phi) is 4.74. The Hall–Kier alpha value is -2.08. The number of aromatic nitrogens is 2. The van der Waals surface area contributed by atoms with Gasteiger partial charge in [0.2, 0.25) is 0 Å².